The third kappa shape index (κ3) is 2.30. The van der Waals surface area contributed by atoms with E-state index in [0.29, 0.717) is 16.5 Å². The van der Waals surface area contributed by atoms with Gasteiger partial charge in [-0.15, -0.1) is 0 Å². The molecule has 2 rings (SSSR count). The fourth-order valence-electron chi connectivity index (χ4n) is 1.44. The quantitative estimate of drug-likeness (QED) is 0.895. The molecule has 1 heterocycles. The highest BCUT2D eigenvalue weighted by atomic mass is 35.5. The Morgan fingerprint density at radius 1 is 1.47 bits per heavy atom. The minimum Gasteiger partial charge on any atom is -0.458 e. The zero-order chi connectivity index (χ0) is 10.8. The number of aliphatic hydroxyl groups is 1. The maximum atomic E-state index is 9.74. The Morgan fingerprint density at radius 3 is 3.00 bits per heavy atom. The molecule has 0 aliphatic heterocycles. The molecule has 0 radical (unpaired) electrons. The second kappa shape index (κ2) is 4.47. The van der Waals surface area contributed by atoms with E-state index >= 15 is 0 Å². The fraction of sp³-hybridized carbons (Fsp3) is 0.273. The van der Waals surface area contributed by atoms with Gasteiger partial charge >= 0.3 is 0 Å². The molecule has 2 aromatic rings. The lowest BCUT2D eigenvalue weighted by molar-refractivity contribution is 0.177. The summed E-state index contributed by atoms with van der Waals surface area (Å²) in [7, 11) is 0. The number of benzene rings is 1. The lowest BCUT2D eigenvalue weighted by Gasteiger charge is -2.03. The normalized spacial score (nSPS) is 13.3. The molecule has 1 atom stereocenters. The third-order valence-corrected chi connectivity index (χ3v) is 3.03. The zero-order valence-corrected chi connectivity index (χ0v) is 9.81. The van der Waals surface area contributed by atoms with Crippen LogP contribution in [0.1, 0.15) is 11.9 Å². The number of aliphatic hydroxyl groups excluding tert-OH is 1. The zero-order valence-electron chi connectivity index (χ0n) is 8.24. The van der Waals surface area contributed by atoms with Gasteiger partial charge < -0.3 is 9.52 Å². The van der Waals surface area contributed by atoms with Gasteiger partial charge in [-0.1, -0.05) is 11.6 Å². The largest absolute Gasteiger partial charge is 0.458 e. The predicted molar refractivity (Wildman–Crippen MR) is 64.6 cm³/mol. The molecule has 80 valence electrons. The number of halogens is 1. The van der Waals surface area contributed by atoms with Gasteiger partial charge in [0.15, 0.2) is 0 Å². The topological polar surface area (TPSA) is 33.4 Å². The van der Waals surface area contributed by atoms with Gasteiger partial charge in [0.1, 0.15) is 17.4 Å². The van der Waals surface area contributed by atoms with E-state index < -0.39 is 6.10 Å². The summed E-state index contributed by atoms with van der Waals surface area (Å²) in [5, 5.41) is 11.3. The summed E-state index contributed by atoms with van der Waals surface area (Å²) < 4.78 is 5.52. The highest BCUT2D eigenvalue weighted by Gasteiger charge is 2.12. The maximum Gasteiger partial charge on any atom is 0.134 e. The molecule has 1 N–H and O–H groups in total. The molecule has 0 saturated carbocycles. The summed E-state index contributed by atoms with van der Waals surface area (Å²) in [5.41, 5.74) is 0.759. The van der Waals surface area contributed by atoms with Crippen molar-refractivity contribution in [2.24, 2.45) is 0 Å². The minimum absolute atomic E-state index is 0.550. The van der Waals surface area contributed by atoms with Crippen molar-refractivity contribution in [3.05, 3.63) is 35.0 Å². The Balaban J connectivity index is 2.38. The summed E-state index contributed by atoms with van der Waals surface area (Å²) in [6.07, 6.45) is 1.40. The average Bonchev–Trinajstić information content (AvgIpc) is 2.60. The van der Waals surface area contributed by atoms with E-state index in [1.807, 2.05) is 24.5 Å². The molecule has 0 saturated heterocycles. The molecule has 0 aliphatic carbocycles. The van der Waals surface area contributed by atoms with Crippen molar-refractivity contribution in [2.45, 2.75) is 6.10 Å². The molecule has 2 nitrogen and oxygen atoms in total. The van der Waals surface area contributed by atoms with Gasteiger partial charge in [0.25, 0.3) is 0 Å². The van der Waals surface area contributed by atoms with Gasteiger partial charge in [-0.05, 0) is 30.5 Å². The summed E-state index contributed by atoms with van der Waals surface area (Å²) >= 11 is 7.44. The molecule has 0 aliphatic rings. The van der Waals surface area contributed by atoms with Crippen LogP contribution < -0.4 is 0 Å². The molecule has 1 aromatic carbocycles. The van der Waals surface area contributed by atoms with E-state index in [2.05, 4.69) is 0 Å². The molecule has 0 fully saturated rings. The van der Waals surface area contributed by atoms with Crippen molar-refractivity contribution < 1.29 is 9.52 Å². The van der Waals surface area contributed by atoms with Crippen LogP contribution in [-0.2, 0) is 0 Å². The number of rotatable bonds is 3. The Bertz CT molecular complexity index is 467. The first-order chi connectivity index (χ1) is 7.20. The number of thioether (sulfide) groups is 1. The van der Waals surface area contributed by atoms with Gasteiger partial charge in [-0.2, -0.15) is 11.8 Å². The molecule has 4 heteroatoms. The van der Waals surface area contributed by atoms with E-state index in [4.69, 9.17) is 16.0 Å². The van der Waals surface area contributed by atoms with Crippen LogP contribution >= 0.6 is 23.4 Å². The highest BCUT2D eigenvalue weighted by Crippen LogP contribution is 2.27. The van der Waals surface area contributed by atoms with Crippen LogP contribution in [0.4, 0.5) is 0 Å². The van der Waals surface area contributed by atoms with Crippen LogP contribution in [0.3, 0.4) is 0 Å². The van der Waals surface area contributed by atoms with Crippen LogP contribution in [0, 0.1) is 0 Å². The molecular weight excluding hydrogens is 232 g/mol. The van der Waals surface area contributed by atoms with E-state index in [0.717, 1.165) is 11.0 Å². The van der Waals surface area contributed by atoms with E-state index in [9.17, 15) is 5.11 Å². The average molecular weight is 243 g/mol. The second-order valence-electron chi connectivity index (χ2n) is 3.30. The van der Waals surface area contributed by atoms with Gasteiger partial charge in [0.05, 0.1) is 0 Å². The van der Waals surface area contributed by atoms with Gasteiger partial charge in [-0.25, -0.2) is 0 Å². The first-order valence-electron chi connectivity index (χ1n) is 4.56. The Kier molecular flexibility index (Phi) is 3.24. The Labute approximate surface area is 97.2 Å². The summed E-state index contributed by atoms with van der Waals surface area (Å²) in [6, 6.07) is 7.25. The van der Waals surface area contributed by atoms with Gasteiger partial charge in [0.2, 0.25) is 0 Å². The van der Waals surface area contributed by atoms with Crippen molar-refractivity contribution in [2.75, 3.05) is 12.0 Å². The number of furan rings is 1. The maximum absolute atomic E-state index is 9.74. The van der Waals surface area contributed by atoms with Crippen molar-refractivity contribution >= 4 is 34.3 Å². The monoisotopic (exact) mass is 242 g/mol. The van der Waals surface area contributed by atoms with Crippen LogP contribution in [-0.4, -0.2) is 17.1 Å². The molecule has 1 unspecified atom stereocenters. The van der Waals surface area contributed by atoms with Crippen molar-refractivity contribution in [3.63, 3.8) is 0 Å². The lowest BCUT2D eigenvalue weighted by atomic mass is 10.2. The summed E-state index contributed by atoms with van der Waals surface area (Å²) in [6.45, 7) is 0. The molecular formula is C11H11ClO2S. The summed E-state index contributed by atoms with van der Waals surface area (Å²) in [5.74, 6) is 1.23. The fourth-order valence-corrected chi connectivity index (χ4v) is 2.10. The molecule has 15 heavy (non-hydrogen) atoms. The Hall–Kier alpha value is -0.640. The van der Waals surface area contributed by atoms with Gasteiger partial charge in [-0.3, -0.25) is 0 Å². The third-order valence-electron chi connectivity index (χ3n) is 2.15. The van der Waals surface area contributed by atoms with Crippen LogP contribution in [0.15, 0.2) is 28.7 Å². The first-order valence-corrected chi connectivity index (χ1v) is 6.34. The summed E-state index contributed by atoms with van der Waals surface area (Å²) in [4.78, 5) is 0. The molecule has 0 amide bonds. The van der Waals surface area contributed by atoms with E-state index in [1.54, 1.807) is 17.8 Å². The smallest absolute Gasteiger partial charge is 0.134 e. The van der Waals surface area contributed by atoms with Crippen LogP contribution in [0.2, 0.25) is 5.02 Å². The van der Waals surface area contributed by atoms with Crippen LogP contribution in [0.5, 0.6) is 0 Å². The molecule has 0 bridgehead atoms. The number of hydrogen-bond donors (Lipinski definition) is 1. The minimum atomic E-state index is -0.550. The van der Waals surface area contributed by atoms with Crippen molar-refractivity contribution in [1.82, 2.24) is 0 Å². The molecule has 1 aromatic heterocycles. The van der Waals surface area contributed by atoms with Crippen molar-refractivity contribution in [1.29, 1.82) is 0 Å². The SMILES string of the molecule is CSCC(O)c1cc2cc(Cl)ccc2o1. The first kappa shape index (κ1) is 10.9. The highest BCUT2D eigenvalue weighted by molar-refractivity contribution is 7.98. The second-order valence-corrected chi connectivity index (χ2v) is 4.65. The number of hydrogen-bond acceptors (Lipinski definition) is 3. The lowest BCUT2D eigenvalue weighted by Crippen LogP contribution is -1.97. The number of fused-ring (bicyclic) bond motifs is 1. The van der Waals surface area contributed by atoms with Crippen LogP contribution in [0.25, 0.3) is 11.0 Å². The van der Waals surface area contributed by atoms with Crippen molar-refractivity contribution in [3.8, 4) is 0 Å². The predicted octanol–water partition coefficient (Wildman–Crippen LogP) is 3.48. The van der Waals surface area contributed by atoms with Gasteiger partial charge in [0, 0.05) is 16.2 Å². The van der Waals surface area contributed by atoms with E-state index in [-0.39, 0.29) is 0 Å². The molecule has 0 spiro atoms. The van der Waals surface area contributed by atoms with E-state index in [1.165, 1.54) is 0 Å². The Morgan fingerprint density at radius 2 is 2.27 bits per heavy atom. The standard InChI is InChI=1S/C11H11ClO2S/c1-15-6-9(13)11-5-7-4-8(12)2-3-10(7)14-11/h2-5,9,13H,6H2,1H3.